The fourth-order valence-electron chi connectivity index (χ4n) is 3.51. The quantitative estimate of drug-likeness (QED) is 0.473. The Morgan fingerprint density at radius 2 is 1.75 bits per heavy atom. The molecule has 0 aromatic rings. The number of hydrogen-bond donors (Lipinski definition) is 0. The van der Waals surface area contributed by atoms with Crippen LogP contribution in [0.4, 0.5) is 0 Å². The highest BCUT2D eigenvalue weighted by Crippen LogP contribution is 2.36. The smallest absolute Gasteiger partial charge is 0.260 e. The van der Waals surface area contributed by atoms with Crippen LogP contribution >= 0.6 is 0 Å². The molecule has 0 N–H and O–H groups in total. The Morgan fingerprint density at radius 3 is 2.25 bits per heavy atom. The molecule has 1 saturated heterocycles. The van der Waals surface area contributed by atoms with Crippen LogP contribution in [-0.2, 0) is 9.39 Å². The van der Waals surface area contributed by atoms with Crippen molar-refractivity contribution in [3.8, 4) is 0 Å². The van der Waals surface area contributed by atoms with Gasteiger partial charge in [0.1, 0.15) is 14.1 Å². The molecular weight excluding hydrogens is 248 g/mol. The summed E-state index contributed by atoms with van der Waals surface area (Å²) >= 11 is 0. The predicted octanol–water partition coefficient (Wildman–Crippen LogP) is 1.63. The first-order valence-electron chi connectivity index (χ1n) is 8.20. The normalized spacial score (nSPS) is 19.4. The van der Waals surface area contributed by atoms with E-state index in [0.29, 0.717) is 11.0 Å². The predicted molar refractivity (Wildman–Crippen MR) is 90.6 cm³/mol. The van der Waals surface area contributed by atoms with Crippen LogP contribution < -0.4 is 0 Å². The molecule has 0 spiro atoms. The Balaban J connectivity index is 2.39. The van der Waals surface area contributed by atoms with Crippen molar-refractivity contribution in [3.05, 3.63) is 0 Å². The lowest BCUT2D eigenvalue weighted by molar-refractivity contribution is -0.0721. The summed E-state index contributed by atoms with van der Waals surface area (Å²) in [5.74, 6) is 0. The first kappa shape index (κ1) is 18.1. The van der Waals surface area contributed by atoms with Gasteiger partial charge in [-0.25, -0.2) is 0 Å². The van der Waals surface area contributed by atoms with Gasteiger partial charge in [0.25, 0.3) is 8.05 Å². The average molecular weight is 281 g/mol. The third-order valence-corrected chi connectivity index (χ3v) is 4.55. The SMILES string of the molecule is BCC(OB)OCCC(C)(C)CC(C)(C)N1CCCC1. The maximum Gasteiger partial charge on any atom is 0.260 e. The second kappa shape index (κ2) is 7.86. The van der Waals surface area contributed by atoms with Crippen molar-refractivity contribution in [1.29, 1.82) is 0 Å². The highest BCUT2D eigenvalue weighted by molar-refractivity contribution is 6.09. The first-order chi connectivity index (χ1) is 9.30. The number of hydrogen-bond acceptors (Lipinski definition) is 3. The van der Waals surface area contributed by atoms with Crippen LogP contribution in [0.1, 0.15) is 53.4 Å². The number of likely N-dealkylation sites (tertiary alicyclic amines) is 1. The van der Waals surface area contributed by atoms with Gasteiger partial charge in [-0.05, 0) is 64.4 Å². The molecule has 0 aromatic heterocycles. The van der Waals surface area contributed by atoms with Crippen molar-refractivity contribution in [2.45, 2.75) is 71.5 Å². The van der Waals surface area contributed by atoms with Crippen LogP contribution in [0.25, 0.3) is 0 Å². The molecule has 5 heteroatoms. The zero-order valence-corrected chi connectivity index (χ0v) is 14.5. The molecular formula is C15H33B2NO2. The van der Waals surface area contributed by atoms with E-state index in [1.54, 1.807) is 8.05 Å². The Bertz CT molecular complexity index is 275. The maximum absolute atomic E-state index is 5.78. The van der Waals surface area contributed by atoms with E-state index in [4.69, 9.17) is 9.39 Å². The van der Waals surface area contributed by atoms with Gasteiger partial charge in [-0.15, -0.1) is 0 Å². The first-order valence-corrected chi connectivity index (χ1v) is 8.20. The summed E-state index contributed by atoms with van der Waals surface area (Å²) < 4.78 is 11.0. The van der Waals surface area contributed by atoms with E-state index >= 15 is 0 Å². The molecule has 1 aliphatic heterocycles. The topological polar surface area (TPSA) is 21.7 Å². The van der Waals surface area contributed by atoms with E-state index in [-0.39, 0.29) is 6.29 Å². The zero-order valence-electron chi connectivity index (χ0n) is 14.5. The molecule has 0 aliphatic carbocycles. The van der Waals surface area contributed by atoms with Crippen LogP contribution in [0.2, 0.25) is 6.32 Å². The molecule has 1 heterocycles. The van der Waals surface area contributed by atoms with Crippen molar-refractivity contribution < 1.29 is 9.39 Å². The Labute approximate surface area is 127 Å². The summed E-state index contributed by atoms with van der Waals surface area (Å²) in [4.78, 5) is 2.65. The summed E-state index contributed by atoms with van der Waals surface area (Å²) in [6.45, 7) is 12.8. The van der Waals surface area contributed by atoms with Crippen molar-refractivity contribution in [1.82, 2.24) is 4.90 Å². The molecule has 0 bridgehead atoms. The van der Waals surface area contributed by atoms with Crippen molar-refractivity contribution >= 4 is 15.9 Å². The third kappa shape index (κ3) is 5.79. The van der Waals surface area contributed by atoms with E-state index in [1.807, 2.05) is 0 Å². The van der Waals surface area contributed by atoms with Gasteiger partial charge in [-0.2, -0.15) is 0 Å². The van der Waals surface area contributed by atoms with Crippen LogP contribution in [-0.4, -0.2) is 52.3 Å². The second-order valence-corrected chi connectivity index (χ2v) is 7.54. The fourth-order valence-corrected chi connectivity index (χ4v) is 3.51. The van der Waals surface area contributed by atoms with Crippen LogP contribution in [0, 0.1) is 5.41 Å². The maximum atomic E-state index is 5.78. The Hall–Kier alpha value is 0.00987. The molecule has 0 amide bonds. The van der Waals surface area contributed by atoms with Gasteiger partial charge >= 0.3 is 0 Å². The molecule has 20 heavy (non-hydrogen) atoms. The molecule has 0 saturated carbocycles. The Kier molecular flexibility index (Phi) is 7.10. The Morgan fingerprint density at radius 1 is 1.15 bits per heavy atom. The minimum Gasteiger partial charge on any atom is -0.421 e. The lowest BCUT2D eigenvalue weighted by atomic mass is 9.77. The highest BCUT2D eigenvalue weighted by Gasteiger charge is 2.34. The van der Waals surface area contributed by atoms with Gasteiger partial charge in [0.15, 0.2) is 0 Å². The van der Waals surface area contributed by atoms with Crippen molar-refractivity contribution in [3.63, 3.8) is 0 Å². The van der Waals surface area contributed by atoms with Crippen LogP contribution in [0.15, 0.2) is 0 Å². The second-order valence-electron chi connectivity index (χ2n) is 7.54. The van der Waals surface area contributed by atoms with Crippen molar-refractivity contribution in [2.75, 3.05) is 19.7 Å². The standard InChI is InChI=1S/C15H33B2NO2/c1-14(2,7-10-19-13(11-16)20-17)12-15(3,4)18-8-5-6-9-18/h13H,5-12,16-17H2,1-4H3. The van der Waals surface area contributed by atoms with Crippen LogP contribution in [0.5, 0.6) is 0 Å². The van der Waals surface area contributed by atoms with Gasteiger partial charge in [-0.1, -0.05) is 13.8 Å². The molecule has 1 atom stereocenters. The third-order valence-electron chi connectivity index (χ3n) is 4.55. The molecule has 0 aromatic carbocycles. The monoisotopic (exact) mass is 281 g/mol. The minimum absolute atomic E-state index is 0.0441. The summed E-state index contributed by atoms with van der Waals surface area (Å²) in [5.41, 5.74) is 0.601. The number of rotatable bonds is 9. The summed E-state index contributed by atoms with van der Waals surface area (Å²) in [6, 6.07) is 0. The summed E-state index contributed by atoms with van der Waals surface area (Å²) in [7, 11) is 3.81. The molecule has 1 rings (SSSR count). The van der Waals surface area contributed by atoms with Gasteiger partial charge in [0.2, 0.25) is 0 Å². The molecule has 3 nitrogen and oxygen atoms in total. The molecule has 116 valence electrons. The van der Waals surface area contributed by atoms with Gasteiger partial charge in [0, 0.05) is 5.54 Å². The van der Waals surface area contributed by atoms with Crippen LogP contribution in [0.3, 0.4) is 0 Å². The minimum atomic E-state index is -0.0441. The lowest BCUT2D eigenvalue weighted by Gasteiger charge is -2.41. The summed E-state index contributed by atoms with van der Waals surface area (Å²) in [6.07, 6.45) is 5.89. The largest absolute Gasteiger partial charge is 0.421 e. The number of ether oxygens (including phenoxy) is 1. The number of nitrogens with zero attached hydrogens (tertiary/aromatic N) is 1. The van der Waals surface area contributed by atoms with Gasteiger partial charge in [-0.3, -0.25) is 4.90 Å². The van der Waals surface area contributed by atoms with Gasteiger partial charge < -0.3 is 9.39 Å². The van der Waals surface area contributed by atoms with E-state index < -0.39 is 0 Å². The molecule has 0 radical (unpaired) electrons. The molecule has 1 aliphatic rings. The lowest BCUT2D eigenvalue weighted by Crippen LogP contribution is -2.45. The molecule has 1 unspecified atom stereocenters. The summed E-state index contributed by atoms with van der Waals surface area (Å²) in [5, 5.41) is 0. The van der Waals surface area contributed by atoms with E-state index in [1.165, 1.54) is 32.4 Å². The fraction of sp³-hybridized carbons (Fsp3) is 1.00. The van der Waals surface area contributed by atoms with Crippen molar-refractivity contribution in [2.24, 2.45) is 5.41 Å². The van der Waals surface area contributed by atoms with E-state index in [2.05, 4.69) is 40.4 Å². The zero-order chi connectivity index (χ0) is 15.2. The van der Waals surface area contributed by atoms with Gasteiger partial charge in [0.05, 0.1) is 6.61 Å². The van der Waals surface area contributed by atoms with E-state index in [0.717, 1.165) is 19.3 Å². The van der Waals surface area contributed by atoms with E-state index in [9.17, 15) is 0 Å². The molecule has 1 fully saturated rings. The average Bonchev–Trinajstić information content (AvgIpc) is 2.88. The highest BCUT2D eigenvalue weighted by atomic mass is 16.7.